The molecule has 2 N–H and O–H groups in total. The van der Waals surface area contributed by atoms with Crippen molar-refractivity contribution >= 4 is 7.12 Å². The van der Waals surface area contributed by atoms with Crippen LogP contribution in [0.4, 0.5) is 0 Å². The van der Waals surface area contributed by atoms with E-state index in [2.05, 4.69) is 19.9 Å². The summed E-state index contributed by atoms with van der Waals surface area (Å²) in [7, 11) is -1.27. The molecule has 1 rings (SSSR count). The second-order valence-electron chi connectivity index (χ2n) is 3.49. The van der Waals surface area contributed by atoms with Crippen molar-refractivity contribution in [3.05, 3.63) is 23.2 Å². The van der Waals surface area contributed by atoms with Crippen LogP contribution in [0.2, 0.25) is 0 Å². The van der Waals surface area contributed by atoms with Gasteiger partial charge in [0, 0.05) is 0 Å². The lowest BCUT2D eigenvalue weighted by Crippen LogP contribution is -2.17. The van der Waals surface area contributed by atoms with E-state index in [1.807, 2.05) is 6.08 Å². The molecule has 66 valence electrons. The van der Waals surface area contributed by atoms with Gasteiger partial charge in [-0.05, 0) is 24.2 Å². The Kier molecular flexibility index (Phi) is 3.12. The fourth-order valence-electron chi connectivity index (χ4n) is 1.36. The molecule has 0 saturated heterocycles. The van der Waals surface area contributed by atoms with Gasteiger partial charge in [-0.3, -0.25) is 0 Å². The van der Waals surface area contributed by atoms with E-state index in [1.165, 1.54) is 5.57 Å². The molecular weight excluding hydrogens is 151 g/mol. The van der Waals surface area contributed by atoms with Crippen LogP contribution < -0.4 is 0 Å². The predicted octanol–water partition coefficient (Wildman–Crippen LogP) is 1.30. The van der Waals surface area contributed by atoms with Gasteiger partial charge >= 0.3 is 7.12 Å². The van der Waals surface area contributed by atoms with Crippen LogP contribution in [0.15, 0.2) is 23.2 Å². The largest absolute Gasteiger partial charge is 0.484 e. The Bertz CT molecular complexity index is 217. The summed E-state index contributed by atoms with van der Waals surface area (Å²) in [6.45, 7) is 4.21. The van der Waals surface area contributed by atoms with Crippen molar-refractivity contribution < 1.29 is 10.0 Å². The minimum absolute atomic E-state index is 0.471. The van der Waals surface area contributed by atoms with Crippen molar-refractivity contribution in [1.29, 1.82) is 0 Å². The van der Waals surface area contributed by atoms with Crippen LogP contribution >= 0.6 is 0 Å². The minimum Gasteiger partial charge on any atom is -0.423 e. The third kappa shape index (κ3) is 2.22. The van der Waals surface area contributed by atoms with Gasteiger partial charge < -0.3 is 10.0 Å². The molecule has 0 radical (unpaired) electrons. The average molecular weight is 166 g/mol. The highest BCUT2D eigenvalue weighted by atomic mass is 16.4. The zero-order chi connectivity index (χ0) is 9.14. The lowest BCUT2D eigenvalue weighted by Gasteiger charge is -2.15. The first-order valence-electron chi connectivity index (χ1n) is 4.38. The molecule has 0 amide bonds. The van der Waals surface area contributed by atoms with Gasteiger partial charge in [-0.2, -0.15) is 0 Å². The highest BCUT2D eigenvalue weighted by Gasteiger charge is 2.17. The molecule has 0 bridgehead atoms. The lowest BCUT2D eigenvalue weighted by atomic mass is 9.73. The molecule has 12 heavy (non-hydrogen) atoms. The second-order valence-corrected chi connectivity index (χ2v) is 3.49. The average Bonchev–Trinajstić information content (AvgIpc) is 2.04. The van der Waals surface area contributed by atoms with Crippen LogP contribution in [0.1, 0.15) is 26.7 Å². The summed E-state index contributed by atoms with van der Waals surface area (Å²) in [6.07, 6.45) is 5.76. The molecule has 0 spiro atoms. The van der Waals surface area contributed by atoms with Crippen LogP contribution in [-0.4, -0.2) is 17.2 Å². The zero-order valence-electron chi connectivity index (χ0n) is 7.62. The van der Waals surface area contributed by atoms with Gasteiger partial charge in [0.1, 0.15) is 0 Å². The molecule has 0 aliphatic heterocycles. The standard InChI is InChI=1S/C9H15BO2/c1-7(2)8-4-3-5-9(6-8)10(11)12/h4,6-7,11-12H,3,5H2,1-2H3. The summed E-state index contributed by atoms with van der Waals surface area (Å²) in [6, 6.07) is 0. The third-order valence-corrected chi connectivity index (χ3v) is 2.16. The first-order valence-corrected chi connectivity index (χ1v) is 4.38. The Morgan fingerprint density at radius 3 is 2.58 bits per heavy atom. The molecular formula is C9H15BO2. The van der Waals surface area contributed by atoms with E-state index >= 15 is 0 Å². The highest BCUT2D eigenvalue weighted by molar-refractivity contribution is 6.50. The smallest absolute Gasteiger partial charge is 0.423 e. The third-order valence-electron chi connectivity index (χ3n) is 2.16. The van der Waals surface area contributed by atoms with Crippen molar-refractivity contribution in [2.45, 2.75) is 26.7 Å². The van der Waals surface area contributed by atoms with Gasteiger partial charge in [0.05, 0.1) is 0 Å². The van der Waals surface area contributed by atoms with Crippen LogP contribution in [-0.2, 0) is 0 Å². The summed E-state index contributed by atoms with van der Waals surface area (Å²) < 4.78 is 0. The summed E-state index contributed by atoms with van der Waals surface area (Å²) >= 11 is 0. The van der Waals surface area contributed by atoms with Gasteiger partial charge in [-0.25, -0.2) is 0 Å². The maximum absolute atomic E-state index is 8.94. The topological polar surface area (TPSA) is 40.5 Å². The predicted molar refractivity (Wildman–Crippen MR) is 50.4 cm³/mol. The van der Waals surface area contributed by atoms with Crippen LogP contribution in [0.25, 0.3) is 0 Å². The van der Waals surface area contributed by atoms with Gasteiger partial charge in [-0.1, -0.05) is 31.6 Å². The number of hydrogen-bond donors (Lipinski definition) is 2. The summed E-state index contributed by atoms with van der Waals surface area (Å²) in [5.74, 6) is 0.471. The molecule has 0 heterocycles. The molecule has 1 aliphatic rings. The maximum atomic E-state index is 8.94. The van der Waals surface area contributed by atoms with E-state index in [9.17, 15) is 0 Å². The fraction of sp³-hybridized carbons (Fsp3) is 0.556. The molecule has 0 fully saturated rings. The number of hydrogen-bond acceptors (Lipinski definition) is 2. The monoisotopic (exact) mass is 166 g/mol. The summed E-state index contributed by atoms with van der Waals surface area (Å²) in [5.41, 5.74) is 1.95. The van der Waals surface area contributed by atoms with E-state index in [4.69, 9.17) is 10.0 Å². The Morgan fingerprint density at radius 2 is 2.08 bits per heavy atom. The molecule has 3 heteroatoms. The van der Waals surface area contributed by atoms with Crippen molar-refractivity contribution in [2.24, 2.45) is 5.92 Å². The SMILES string of the molecule is CC(C)C1=CCCC(B(O)O)=C1. The molecule has 0 saturated carbocycles. The van der Waals surface area contributed by atoms with Crippen molar-refractivity contribution in [3.8, 4) is 0 Å². The van der Waals surface area contributed by atoms with Crippen LogP contribution in [0.5, 0.6) is 0 Å². The second kappa shape index (κ2) is 3.92. The van der Waals surface area contributed by atoms with Gasteiger partial charge in [0.15, 0.2) is 0 Å². The fourth-order valence-corrected chi connectivity index (χ4v) is 1.36. The minimum atomic E-state index is -1.27. The first-order chi connectivity index (χ1) is 5.61. The molecule has 0 unspecified atom stereocenters. The van der Waals surface area contributed by atoms with Gasteiger partial charge in [0.25, 0.3) is 0 Å². The summed E-state index contributed by atoms with van der Waals surface area (Å²) in [5, 5.41) is 17.9. The van der Waals surface area contributed by atoms with Gasteiger partial charge in [-0.15, -0.1) is 0 Å². The normalized spacial score (nSPS) is 17.4. The van der Waals surface area contributed by atoms with Crippen molar-refractivity contribution in [3.63, 3.8) is 0 Å². The molecule has 2 nitrogen and oxygen atoms in total. The Balaban J connectivity index is 2.74. The van der Waals surface area contributed by atoms with Gasteiger partial charge in [0.2, 0.25) is 0 Å². The van der Waals surface area contributed by atoms with E-state index in [-0.39, 0.29) is 0 Å². The Hall–Kier alpha value is -0.535. The molecule has 0 aromatic heterocycles. The number of allylic oxidation sites excluding steroid dienone is 4. The van der Waals surface area contributed by atoms with Crippen LogP contribution in [0, 0.1) is 5.92 Å². The first kappa shape index (κ1) is 9.55. The Morgan fingerprint density at radius 1 is 1.42 bits per heavy atom. The highest BCUT2D eigenvalue weighted by Crippen LogP contribution is 2.22. The van der Waals surface area contributed by atoms with Crippen LogP contribution in [0.3, 0.4) is 0 Å². The molecule has 1 aliphatic carbocycles. The van der Waals surface area contributed by atoms with E-state index in [0.29, 0.717) is 5.92 Å². The van der Waals surface area contributed by atoms with Crippen molar-refractivity contribution in [2.75, 3.05) is 0 Å². The summed E-state index contributed by atoms with van der Waals surface area (Å²) in [4.78, 5) is 0. The Labute approximate surface area is 73.8 Å². The lowest BCUT2D eigenvalue weighted by molar-refractivity contribution is 0.416. The molecule has 0 aromatic rings. The number of rotatable bonds is 2. The van der Waals surface area contributed by atoms with E-state index in [0.717, 1.165) is 18.3 Å². The zero-order valence-corrected chi connectivity index (χ0v) is 7.62. The molecule has 0 aromatic carbocycles. The quantitative estimate of drug-likeness (QED) is 0.607. The van der Waals surface area contributed by atoms with Crippen molar-refractivity contribution in [1.82, 2.24) is 0 Å². The van der Waals surface area contributed by atoms with E-state index < -0.39 is 7.12 Å². The van der Waals surface area contributed by atoms with E-state index in [1.54, 1.807) is 0 Å². The molecule has 0 atom stereocenters. The maximum Gasteiger partial charge on any atom is 0.484 e.